The zero-order valence-electron chi connectivity index (χ0n) is 15.4. The fraction of sp³-hybridized carbons (Fsp3) is 0.400. The molecule has 2 aromatic carbocycles. The molecule has 142 valence electrons. The van der Waals surface area contributed by atoms with E-state index in [4.69, 9.17) is 9.47 Å². The molecule has 6 heteroatoms. The van der Waals surface area contributed by atoms with Crippen LogP contribution in [0.4, 0.5) is 13.2 Å². The highest BCUT2D eigenvalue weighted by molar-refractivity contribution is 7.48. The number of benzene rings is 2. The fourth-order valence-corrected chi connectivity index (χ4v) is 4.44. The molecule has 26 heavy (non-hydrogen) atoms. The second kappa shape index (κ2) is 8.41. The summed E-state index contributed by atoms with van der Waals surface area (Å²) in [5, 5.41) is -0.145. The molecule has 0 saturated heterocycles. The largest absolute Gasteiger partial charge is 0.467 e. The van der Waals surface area contributed by atoms with Crippen LogP contribution in [0.25, 0.3) is 0 Å². The summed E-state index contributed by atoms with van der Waals surface area (Å²) >= 11 is 0. The van der Waals surface area contributed by atoms with Gasteiger partial charge in [-0.15, -0.1) is 0 Å². The Morgan fingerprint density at radius 2 is 1.73 bits per heavy atom. The molecule has 0 N–H and O–H groups in total. The number of aryl methyl sites for hydroxylation is 1. The molecule has 0 aliphatic carbocycles. The lowest BCUT2D eigenvalue weighted by molar-refractivity contribution is -0.136. The molecule has 0 radical (unpaired) electrons. The summed E-state index contributed by atoms with van der Waals surface area (Å²) in [7, 11) is 1.49. The Bertz CT molecular complexity index is 746. The van der Waals surface area contributed by atoms with E-state index >= 15 is 0 Å². The van der Waals surface area contributed by atoms with Gasteiger partial charge in [-0.25, -0.2) is 0 Å². The lowest BCUT2D eigenvalue weighted by Gasteiger charge is -2.32. The maximum Gasteiger partial charge on any atom is 0.417 e. The van der Waals surface area contributed by atoms with Crippen molar-refractivity contribution in [1.82, 2.24) is 0 Å². The van der Waals surface area contributed by atoms with Gasteiger partial charge in [0, 0.05) is 17.8 Å². The number of ether oxygens (including phenoxy) is 2. The van der Waals surface area contributed by atoms with E-state index in [1.807, 2.05) is 38.1 Å². The third-order valence-corrected chi connectivity index (χ3v) is 6.29. The van der Waals surface area contributed by atoms with Crippen LogP contribution in [-0.4, -0.2) is 13.9 Å². The molecule has 2 aromatic rings. The minimum atomic E-state index is -4.37. The molecule has 2 atom stereocenters. The number of rotatable bonds is 7. The first kappa shape index (κ1) is 20.7. The molecule has 0 amide bonds. The predicted molar refractivity (Wildman–Crippen MR) is 101 cm³/mol. The molecule has 0 aliphatic rings. The maximum absolute atomic E-state index is 13.5. The average molecular weight is 384 g/mol. The molecule has 0 aromatic heterocycles. The fourth-order valence-electron chi connectivity index (χ4n) is 2.82. The van der Waals surface area contributed by atoms with E-state index in [1.165, 1.54) is 13.2 Å². The molecule has 2 rings (SSSR count). The van der Waals surface area contributed by atoms with Crippen molar-refractivity contribution in [3.05, 3.63) is 59.2 Å². The van der Waals surface area contributed by atoms with E-state index < -0.39 is 16.9 Å². The molecule has 0 fully saturated rings. The Kier molecular flexibility index (Phi) is 6.70. The zero-order valence-corrected chi connectivity index (χ0v) is 16.4. The highest BCUT2D eigenvalue weighted by Crippen LogP contribution is 2.48. The second-order valence-electron chi connectivity index (χ2n) is 6.40. The summed E-state index contributed by atoms with van der Waals surface area (Å²) in [6, 6.07) is 12.0. The van der Waals surface area contributed by atoms with Gasteiger partial charge in [-0.2, -0.15) is 13.2 Å². The van der Waals surface area contributed by atoms with Gasteiger partial charge in [0.25, 0.3) is 0 Å². The smallest absolute Gasteiger partial charge is 0.417 e. The lowest BCUT2D eigenvalue weighted by Crippen LogP contribution is -2.24. The topological polar surface area (TPSA) is 18.5 Å². The molecule has 2 nitrogen and oxygen atoms in total. The van der Waals surface area contributed by atoms with Gasteiger partial charge in [-0.3, -0.25) is 0 Å². The Morgan fingerprint density at radius 3 is 2.35 bits per heavy atom. The van der Waals surface area contributed by atoms with Gasteiger partial charge in [-0.05, 0) is 30.8 Å². The Hall–Kier alpha value is -1.58. The number of hydrogen-bond acceptors (Lipinski definition) is 2. The molecule has 0 aliphatic heterocycles. The van der Waals surface area contributed by atoms with Crippen LogP contribution in [0.15, 0.2) is 42.5 Å². The lowest BCUT2D eigenvalue weighted by atomic mass is 9.96. The number of methoxy groups -OCH3 is 1. The van der Waals surface area contributed by atoms with E-state index in [0.717, 1.165) is 5.56 Å². The zero-order chi connectivity index (χ0) is 19.4. The van der Waals surface area contributed by atoms with Crippen LogP contribution in [0, 0.1) is 6.92 Å². The third-order valence-electron chi connectivity index (χ3n) is 4.41. The first-order valence-electron chi connectivity index (χ1n) is 8.38. The van der Waals surface area contributed by atoms with Crippen molar-refractivity contribution in [3.63, 3.8) is 0 Å². The van der Waals surface area contributed by atoms with Crippen molar-refractivity contribution in [2.75, 3.05) is 13.9 Å². The Morgan fingerprint density at radius 1 is 1.04 bits per heavy atom. The van der Waals surface area contributed by atoms with E-state index in [2.05, 4.69) is 0 Å². The van der Waals surface area contributed by atoms with Crippen molar-refractivity contribution in [2.45, 2.75) is 38.5 Å². The van der Waals surface area contributed by atoms with E-state index in [9.17, 15) is 13.2 Å². The molecule has 0 heterocycles. The summed E-state index contributed by atoms with van der Waals surface area (Å²) in [6.45, 7) is 5.75. The highest BCUT2D eigenvalue weighted by Gasteiger charge is 2.36. The molecule has 2 unspecified atom stereocenters. The monoisotopic (exact) mass is 384 g/mol. The Balaban J connectivity index is 2.47. The first-order valence-corrected chi connectivity index (χ1v) is 9.38. The van der Waals surface area contributed by atoms with Crippen molar-refractivity contribution in [3.8, 4) is 5.75 Å². The van der Waals surface area contributed by atoms with Crippen LogP contribution < -0.4 is 10.0 Å². The van der Waals surface area contributed by atoms with Gasteiger partial charge in [0.1, 0.15) is 5.75 Å². The van der Waals surface area contributed by atoms with E-state index in [-0.39, 0.29) is 15.4 Å². The molecular weight excluding hydrogens is 360 g/mol. The maximum atomic E-state index is 13.5. The molecule has 0 saturated carbocycles. The molecular formula is C20H24F3O2P. The summed E-state index contributed by atoms with van der Waals surface area (Å²) in [5.41, 5.74) is 0.949. The van der Waals surface area contributed by atoms with Crippen molar-refractivity contribution in [2.24, 2.45) is 0 Å². The van der Waals surface area contributed by atoms with Crippen molar-refractivity contribution < 1.29 is 22.6 Å². The van der Waals surface area contributed by atoms with Crippen LogP contribution in [-0.2, 0) is 16.1 Å². The SMILES string of the molecule is CCC(C)(Pc1ccc(C)cc1C(F)(F)F)c1ccccc1OCOC. The molecule has 0 bridgehead atoms. The Labute approximate surface area is 154 Å². The number of para-hydroxylation sites is 1. The van der Waals surface area contributed by atoms with Gasteiger partial charge in [-0.1, -0.05) is 58.3 Å². The second-order valence-corrected chi connectivity index (χ2v) is 8.30. The van der Waals surface area contributed by atoms with Gasteiger partial charge in [0.2, 0.25) is 0 Å². The molecule has 0 spiro atoms. The van der Waals surface area contributed by atoms with Gasteiger partial charge in [0.15, 0.2) is 6.79 Å². The average Bonchev–Trinajstić information content (AvgIpc) is 2.60. The van der Waals surface area contributed by atoms with Crippen LogP contribution in [0.5, 0.6) is 5.75 Å². The number of halogens is 3. The van der Waals surface area contributed by atoms with Crippen molar-refractivity contribution in [1.29, 1.82) is 0 Å². The van der Waals surface area contributed by atoms with Gasteiger partial charge < -0.3 is 9.47 Å². The van der Waals surface area contributed by atoms with E-state index in [0.29, 0.717) is 23.0 Å². The third kappa shape index (κ3) is 4.77. The van der Waals surface area contributed by atoms with Gasteiger partial charge >= 0.3 is 6.18 Å². The summed E-state index contributed by atoms with van der Waals surface area (Å²) in [4.78, 5) is 0. The van der Waals surface area contributed by atoms with Crippen LogP contribution in [0.2, 0.25) is 0 Å². The summed E-state index contributed by atoms with van der Waals surface area (Å²) < 4.78 is 51.2. The van der Waals surface area contributed by atoms with Crippen LogP contribution in [0.3, 0.4) is 0 Å². The summed E-state index contributed by atoms with van der Waals surface area (Å²) in [6.07, 6.45) is -3.68. The standard InChI is InChI=1S/C20H24F3O2P/c1-5-19(3,15-8-6-7-9-17(15)25-13-24-4)26-18-11-10-14(2)12-16(18)20(21,22)23/h6-12,26H,5,13H2,1-4H3. The first-order chi connectivity index (χ1) is 12.2. The minimum absolute atomic E-state index is 0.0446. The van der Waals surface area contributed by atoms with Crippen LogP contribution >= 0.6 is 8.58 Å². The summed E-state index contributed by atoms with van der Waals surface area (Å²) in [5.74, 6) is 0.645. The quantitative estimate of drug-likeness (QED) is 0.455. The predicted octanol–water partition coefficient (Wildman–Crippen LogP) is 5.63. The van der Waals surface area contributed by atoms with E-state index in [1.54, 1.807) is 19.1 Å². The van der Waals surface area contributed by atoms with Gasteiger partial charge in [0.05, 0.1) is 5.56 Å². The highest BCUT2D eigenvalue weighted by atomic mass is 31.1. The number of alkyl halides is 3. The number of hydrogen-bond donors (Lipinski definition) is 0. The minimum Gasteiger partial charge on any atom is -0.467 e. The van der Waals surface area contributed by atoms with Crippen LogP contribution in [0.1, 0.15) is 37.0 Å². The van der Waals surface area contributed by atoms with Crippen molar-refractivity contribution >= 4 is 13.9 Å². The normalized spacial score (nSPS) is 14.6.